The zero-order valence-corrected chi connectivity index (χ0v) is 18.4. The lowest BCUT2D eigenvalue weighted by atomic mass is 9.99. The minimum absolute atomic E-state index is 0.0279. The number of furan rings is 1. The Hall–Kier alpha value is -3.52. The van der Waals surface area contributed by atoms with Crippen molar-refractivity contribution in [3.63, 3.8) is 0 Å². The number of aryl methyl sites for hydroxylation is 2. The quantitative estimate of drug-likeness (QED) is 0.246. The summed E-state index contributed by atoms with van der Waals surface area (Å²) in [6.45, 7) is 2.75. The van der Waals surface area contributed by atoms with Gasteiger partial charge in [0.25, 0.3) is 11.7 Å². The molecule has 0 spiro atoms. The van der Waals surface area contributed by atoms with Crippen molar-refractivity contribution in [3.8, 4) is 5.75 Å². The number of likely N-dealkylation sites (tertiary alicyclic amines) is 1. The van der Waals surface area contributed by atoms with Gasteiger partial charge in [0.15, 0.2) is 0 Å². The van der Waals surface area contributed by atoms with Crippen molar-refractivity contribution in [1.29, 1.82) is 0 Å². The number of nitrogens with zero attached hydrogens (tertiary/aromatic N) is 2. The fourth-order valence-electron chi connectivity index (χ4n) is 3.86. The number of hydrogen-bond acceptors (Lipinski definition) is 5. The number of carbonyl (C=O) groups excluding carboxylic acids is 2. The number of aromatic nitrogens is 2. The van der Waals surface area contributed by atoms with Crippen molar-refractivity contribution in [2.24, 2.45) is 0 Å². The number of aliphatic hydroxyl groups excluding tert-OH is 1. The number of rotatable bonds is 7. The number of ether oxygens (including phenoxy) is 1. The first-order chi connectivity index (χ1) is 15.4. The number of H-pyrrole nitrogens is 1. The third kappa shape index (κ3) is 4.01. The second kappa shape index (κ2) is 8.92. The molecular weight excluding hydrogens is 434 g/mol. The molecule has 9 heteroatoms. The van der Waals surface area contributed by atoms with Gasteiger partial charge in [-0.15, -0.1) is 0 Å². The van der Waals surface area contributed by atoms with Crippen molar-refractivity contribution in [1.82, 2.24) is 9.88 Å². The van der Waals surface area contributed by atoms with Crippen LogP contribution in [0.2, 0.25) is 5.02 Å². The molecule has 1 aliphatic heterocycles. The molecule has 2 N–H and O–H groups in total. The average Bonchev–Trinajstić information content (AvgIpc) is 3.50. The standard InChI is InChI=1S/C23H22ClN3O5/c1-14-4-6-18(32-14)20-19(21(28)15-5-7-17(31-2)16(24)12-15)22(29)23(30)27(20)10-3-9-26-11-8-25-13-26/h4-8,11-13,20H,3,9-10H2,1-2H3,(H,28,29)/p+1. The van der Waals surface area contributed by atoms with E-state index in [1.165, 1.54) is 18.1 Å². The molecule has 0 saturated carbocycles. The van der Waals surface area contributed by atoms with Crippen LogP contribution in [0.5, 0.6) is 5.75 Å². The van der Waals surface area contributed by atoms with E-state index in [9.17, 15) is 14.7 Å². The molecule has 1 atom stereocenters. The van der Waals surface area contributed by atoms with Crippen LogP contribution >= 0.6 is 11.6 Å². The van der Waals surface area contributed by atoms with Gasteiger partial charge in [-0.3, -0.25) is 14.6 Å². The molecule has 166 valence electrons. The summed E-state index contributed by atoms with van der Waals surface area (Å²) in [4.78, 5) is 30.4. The first-order valence-electron chi connectivity index (χ1n) is 10.1. The summed E-state index contributed by atoms with van der Waals surface area (Å²) in [5, 5.41) is 11.3. The highest BCUT2D eigenvalue weighted by molar-refractivity contribution is 6.46. The Labute approximate surface area is 189 Å². The number of benzene rings is 1. The number of nitrogens with one attached hydrogen (secondary N) is 1. The minimum Gasteiger partial charge on any atom is -0.507 e. The normalized spacial score (nSPS) is 17.8. The van der Waals surface area contributed by atoms with E-state index in [0.29, 0.717) is 42.3 Å². The SMILES string of the molecule is COc1ccc(C(O)=C2C(=O)C(=O)N(CCC[n+]3cc[nH]c3)C2c2ccc(C)o2)cc1Cl. The van der Waals surface area contributed by atoms with Crippen molar-refractivity contribution < 1.29 is 28.4 Å². The lowest BCUT2D eigenvalue weighted by Crippen LogP contribution is -2.35. The maximum absolute atomic E-state index is 13.0. The first kappa shape index (κ1) is 21.7. The molecule has 1 unspecified atom stereocenters. The first-order valence-corrected chi connectivity index (χ1v) is 10.5. The van der Waals surface area contributed by atoms with Crippen LogP contribution in [0.15, 0.2) is 59.0 Å². The van der Waals surface area contributed by atoms with Crippen LogP contribution < -0.4 is 9.30 Å². The summed E-state index contributed by atoms with van der Waals surface area (Å²) < 4.78 is 12.9. The van der Waals surface area contributed by atoms with E-state index < -0.39 is 17.7 Å². The molecule has 1 saturated heterocycles. The Balaban J connectivity index is 1.72. The van der Waals surface area contributed by atoms with Crippen molar-refractivity contribution in [2.75, 3.05) is 13.7 Å². The molecule has 0 aliphatic carbocycles. The van der Waals surface area contributed by atoms with Crippen molar-refractivity contribution in [2.45, 2.75) is 25.9 Å². The van der Waals surface area contributed by atoms with Gasteiger partial charge in [0.05, 0.1) is 24.3 Å². The van der Waals surface area contributed by atoms with E-state index >= 15 is 0 Å². The van der Waals surface area contributed by atoms with Gasteiger partial charge in [0.1, 0.15) is 41.5 Å². The lowest BCUT2D eigenvalue weighted by molar-refractivity contribution is -0.695. The maximum Gasteiger partial charge on any atom is 0.295 e. The Kier molecular flexibility index (Phi) is 6.05. The molecule has 3 heterocycles. The van der Waals surface area contributed by atoms with Gasteiger partial charge in [-0.05, 0) is 37.3 Å². The summed E-state index contributed by atoms with van der Waals surface area (Å²) in [5.41, 5.74) is 0.282. The average molecular weight is 457 g/mol. The number of aromatic amines is 1. The number of ketones is 1. The molecule has 3 aromatic rings. The van der Waals surface area contributed by atoms with Gasteiger partial charge in [-0.25, -0.2) is 4.57 Å². The summed E-state index contributed by atoms with van der Waals surface area (Å²) in [6, 6.07) is 7.31. The van der Waals surface area contributed by atoms with Crippen LogP contribution in [-0.2, 0) is 16.1 Å². The van der Waals surface area contributed by atoms with Crippen molar-refractivity contribution >= 4 is 29.1 Å². The smallest absolute Gasteiger partial charge is 0.295 e. The van der Waals surface area contributed by atoms with E-state index in [1.54, 1.807) is 37.4 Å². The zero-order chi connectivity index (χ0) is 22.8. The topological polar surface area (TPSA) is 99.6 Å². The molecule has 0 radical (unpaired) electrons. The number of carbonyl (C=O) groups is 2. The zero-order valence-electron chi connectivity index (χ0n) is 17.7. The second-order valence-corrected chi connectivity index (χ2v) is 7.90. The number of halogens is 1. The van der Waals surface area contributed by atoms with Crippen molar-refractivity contribution in [3.05, 3.63) is 76.7 Å². The molecule has 1 amide bonds. The largest absolute Gasteiger partial charge is 0.507 e. The van der Waals surface area contributed by atoms with E-state index in [1.807, 2.05) is 17.1 Å². The third-order valence-electron chi connectivity index (χ3n) is 5.41. The maximum atomic E-state index is 13.0. The highest BCUT2D eigenvalue weighted by atomic mass is 35.5. The van der Waals surface area contributed by atoms with Crippen LogP contribution in [0.1, 0.15) is 29.5 Å². The van der Waals surface area contributed by atoms with E-state index in [0.717, 1.165) is 0 Å². The van der Waals surface area contributed by atoms with Gasteiger partial charge in [0.2, 0.25) is 6.33 Å². The van der Waals surface area contributed by atoms with Gasteiger partial charge in [0, 0.05) is 18.5 Å². The number of hydrogen-bond donors (Lipinski definition) is 2. The van der Waals surface area contributed by atoms with Gasteiger partial charge >= 0.3 is 0 Å². The van der Waals surface area contributed by atoms with Crippen LogP contribution in [0.4, 0.5) is 0 Å². The Morgan fingerprint density at radius 1 is 1.31 bits per heavy atom. The van der Waals surface area contributed by atoms with Crippen LogP contribution in [0, 0.1) is 6.92 Å². The summed E-state index contributed by atoms with van der Waals surface area (Å²) >= 11 is 6.20. The molecule has 1 fully saturated rings. The van der Waals surface area contributed by atoms with Gasteiger partial charge in [-0.2, -0.15) is 0 Å². The van der Waals surface area contributed by atoms with E-state index in [-0.39, 0.29) is 16.4 Å². The molecule has 32 heavy (non-hydrogen) atoms. The molecular formula is C23H23ClN3O5+. The molecule has 4 rings (SSSR count). The summed E-state index contributed by atoms with van der Waals surface area (Å²) in [5.74, 6) is -0.260. The minimum atomic E-state index is -0.833. The number of aliphatic hydroxyl groups is 1. The van der Waals surface area contributed by atoms with Gasteiger partial charge in [-0.1, -0.05) is 11.6 Å². The predicted molar refractivity (Wildman–Crippen MR) is 116 cm³/mol. The highest BCUT2D eigenvalue weighted by Gasteiger charge is 2.47. The number of methoxy groups -OCH3 is 1. The fraction of sp³-hybridized carbons (Fsp3) is 0.261. The van der Waals surface area contributed by atoms with E-state index in [2.05, 4.69) is 4.98 Å². The second-order valence-electron chi connectivity index (χ2n) is 7.49. The Morgan fingerprint density at radius 3 is 2.75 bits per heavy atom. The predicted octanol–water partition coefficient (Wildman–Crippen LogP) is 3.38. The summed E-state index contributed by atoms with van der Waals surface area (Å²) in [7, 11) is 1.48. The van der Waals surface area contributed by atoms with Crippen LogP contribution in [0.25, 0.3) is 5.76 Å². The lowest BCUT2D eigenvalue weighted by Gasteiger charge is -2.23. The number of imidazole rings is 1. The Bertz CT molecular complexity index is 1180. The third-order valence-corrected chi connectivity index (χ3v) is 5.71. The molecule has 1 aliphatic rings. The molecule has 2 aromatic heterocycles. The fourth-order valence-corrected chi connectivity index (χ4v) is 4.12. The number of amides is 1. The van der Waals surface area contributed by atoms with Gasteiger partial charge < -0.3 is 19.2 Å². The van der Waals surface area contributed by atoms with Crippen LogP contribution in [0.3, 0.4) is 0 Å². The molecule has 1 aromatic carbocycles. The van der Waals surface area contributed by atoms with E-state index in [4.69, 9.17) is 20.8 Å². The Morgan fingerprint density at radius 2 is 2.12 bits per heavy atom. The van der Waals surface area contributed by atoms with Crippen LogP contribution in [-0.4, -0.2) is 40.3 Å². The monoisotopic (exact) mass is 456 g/mol. The highest BCUT2D eigenvalue weighted by Crippen LogP contribution is 2.40. The summed E-state index contributed by atoms with van der Waals surface area (Å²) in [6.07, 6.45) is 6.11. The number of Topliss-reactive ketones (excluding diaryl/α,β-unsaturated/α-hetero) is 1. The molecule has 8 nitrogen and oxygen atoms in total. The molecule has 0 bridgehead atoms.